The summed E-state index contributed by atoms with van der Waals surface area (Å²) in [4.78, 5) is 0. The molecule has 0 atom stereocenters. The van der Waals surface area contributed by atoms with Gasteiger partial charge in [0.25, 0.3) is 0 Å². The molecule has 0 heterocycles. The van der Waals surface area contributed by atoms with Gasteiger partial charge in [-0.15, -0.1) is 0 Å². The molecule has 0 aromatic carbocycles. The molecule has 0 aliphatic heterocycles. The number of rotatable bonds is 5. The summed E-state index contributed by atoms with van der Waals surface area (Å²) in [7, 11) is -3.16. The molecule has 0 unspecified atom stereocenters. The normalized spacial score (nSPS) is 11.1. The third kappa shape index (κ3) is 6.32. The second kappa shape index (κ2) is 5.28. The Kier molecular flexibility index (Phi) is 5.11. The van der Waals surface area contributed by atoms with E-state index in [0.717, 1.165) is 0 Å². The molecule has 0 aromatic rings. The van der Waals surface area contributed by atoms with Crippen molar-refractivity contribution in [1.82, 2.24) is 10.0 Å². The molecule has 0 saturated carbocycles. The van der Waals surface area contributed by atoms with Gasteiger partial charge in [0.1, 0.15) is 0 Å². The van der Waals surface area contributed by atoms with E-state index < -0.39 is 10.0 Å². The van der Waals surface area contributed by atoms with Crippen molar-refractivity contribution < 1.29 is 8.42 Å². The molecular formula is C5H13N3O2S2. The largest absolute Gasteiger partial charge is 0.376 e. The number of sulfonamides is 1. The van der Waals surface area contributed by atoms with Crippen LogP contribution in [0.15, 0.2) is 0 Å². The summed E-state index contributed by atoms with van der Waals surface area (Å²) in [6, 6.07) is 0. The molecule has 0 amide bonds. The Morgan fingerprint density at radius 1 is 1.58 bits per heavy atom. The Hall–Kier alpha value is -0.400. The van der Waals surface area contributed by atoms with Gasteiger partial charge in [0.2, 0.25) is 10.0 Å². The molecule has 0 bridgehead atoms. The summed E-state index contributed by atoms with van der Waals surface area (Å²) in [5, 5.41) is 2.66. The highest BCUT2D eigenvalue weighted by Gasteiger charge is 2.06. The molecule has 12 heavy (non-hydrogen) atoms. The molecule has 0 radical (unpaired) electrons. The van der Waals surface area contributed by atoms with Gasteiger partial charge in [-0.2, -0.15) is 0 Å². The van der Waals surface area contributed by atoms with Crippen LogP contribution in [0.4, 0.5) is 0 Å². The third-order valence-corrected chi connectivity index (χ3v) is 2.65. The summed E-state index contributed by atoms with van der Waals surface area (Å²) >= 11 is 4.50. The van der Waals surface area contributed by atoms with E-state index in [9.17, 15) is 8.42 Å². The van der Waals surface area contributed by atoms with E-state index >= 15 is 0 Å². The lowest BCUT2D eigenvalue weighted by atomic mass is 10.7. The highest BCUT2D eigenvalue weighted by atomic mass is 32.2. The van der Waals surface area contributed by atoms with Crippen molar-refractivity contribution in [2.24, 2.45) is 5.73 Å². The van der Waals surface area contributed by atoms with E-state index in [-0.39, 0.29) is 17.4 Å². The number of nitrogens with two attached hydrogens (primary N) is 1. The zero-order valence-electron chi connectivity index (χ0n) is 6.83. The molecule has 0 aliphatic rings. The molecule has 4 N–H and O–H groups in total. The van der Waals surface area contributed by atoms with Crippen molar-refractivity contribution in [3.05, 3.63) is 0 Å². The van der Waals surface area contributed by atoms with E-state index in [0.29, 0.717) is 6.54 Å². The van der Waals surface area contributed by atoms with Crippen LogP contribution < -0.4 is 15.8 Å². The summed E-state index contributed by atoms with van der Waals surface area (Å²) in [6.45, 7) is 2.36. The predicted molar refractivity (Wildman–Crippen MR) is 52.3 cm³/mol. The second-order valence-electron chi connectivity index (χ2n) is 2.11. The van der Waals surface area contributed by atoms with Crippen molar-refractivity contribution in [3.63, 3.8) is 0 Å². The smallest absolute Gasteiger partial charge is 0.213 e. The topological polar surface area (TPSA) is 84.2 Å². The summed E-state index contributed by atoms with van der Waals surface area (Å²) in [6.07, 6.45) is 0. The van der Waals surface area contributed by atoms with E-state index in [1.54, 1.807) is 6.92 Å². The summed E-state index contributed by atoms with van der Waals surface area (Å²) in [5.41, 5.74) is 5.10. The van der Waals surface area contributed by atoms with Gasteiger partial charge >= 0.3 is 0 Å². The zero-order chi connectivity index (χ0) is 9.61. The Balaban J connectivity index is 3.69. The van der Waals surface area contributed by atoms with Crippen LogP contribution in [-0.4, -0.2) is 32.4 Å². The summed E-state index contributed by atoms with van der Waals surface area (Å²) < 4.78 is 24.3. The lowest BCUT2D eigenvalue weighted by Crippen LogP contribution is -2.36. The number of hydrogen-bond acceptors (Lipinski definition) is 3. The standard InChI is InChI=1S/C5H13N3O2S2/c1-2-8-12(9,10)4-3-7-5(6)11/h8H,2-4H2,1H3,(H3,6,7,11). The number of hydrogen-bond donors (Lipinski definition) is 3. The lowest BCUT2D eigenvalue weighted by molar-refractivity contribution is 0.582. The highest BCUT2D eigenvalue weighted by molar-refractivity contribution is 7.89. The van der Waals surface area contributed by atoms with Gasteiger partial charge in [0.05, 0.1) is 5.75 Å². The van der Waals surface area contributed by atoms with Crippen LogP contribution >= 0.6 is 12.2 Å². The molecule has 7 heteroatoms. The van der Waals surface area contributed by atoms with Gasteiger partial charge in [-0.05, 0) is 12.2 Å². The van der Waals surface area contributed by atoms with Crippen molar-refractivity contribution >= 4 is 27.4 Å². The fraction of sp³-hybridized carbons (Fsp3) is 0.800. The van der Waals surface area contributed by atoms with Crippen molar-refractivity contribution in [3.8, 4) is 0 Å². The molecule has 0 aliphatic carbocycles. The van der Waals surface area contributed by atoms with Crippen LogP contribution in [0.2, 0.25) is 0 Å². The van der Waals surface area contributed by atoms with Gasteiger partial charge in [0.15, 0.2) is 5.11 Å². The maximum atomic E-state index is 11.0. The van der Waals surface area contributed by atoms with Gasteiger partial charge in [-0.25, -0.2) is 13.1 Å². The van der Waals surface area contributed by atoms with E-state index in [1.165, 1.54) is 0 Å². The van der Waals surface area contributed by atoms with Crippen molar-refractivity contribution in [2.45, 2.75) is 6.92 Å². The van der Waals surface area contributed by atoms with Gasteiger partial charge in [0, 0.05) is 13.1 Å². The van der Waals surface area contributed by atoms with Crippen molar-refractivity contribution in [2.75, 3.05) is 18.8 Å². The molecule has 72 valence electrons. The Bertz CT molecular complexity index is 237. The van der Waals surface area contributed by atoms with Crippen LogP contribution in [0.1, 0.15) is 6.92 Å². The number of nitrogens with one attached hydrogen (secondary N) is 2. The maximum Gasteiger partial charge on any atom is 0.213 e. The molecule has 0 aromatic heterocycles. The minimum Gasteiger partial charge on any atom is -0.376 e. The molecule has 0 fully saturated rings. The minimum absolute atomic E-state index is 0.0157. The molecular weight excluding hydrogens is 198 g/mol. The zero-order valence-corrected chi connectivity index (χ0v) is 8.46. The first-order valence-electron chi connectivity index (χ1n) is 3.48. The quantitative estimate of drug-likeness (QED) is 0.495. The average molecular weight is 211 g/mol. The fourth-order valence-electron chi connectivity index (χ4n) is 0.601. The molecule has 0 saturated heterocycles. The van der Waals surface area contributed by atoms with Gasteiger partial charge < -0.3 is 11.1 Å². The van der Waals surface area contributed by atoms with Crippen LogP contribution in [0.25, 0.3) is 0 Å². The molecule has 5 nitrogen and oxygen atoms in total. The van der Waals surface area contributed by atoms with Crippen LogP contribution in [0, 0.1) is 0 Å². The molecule has 0 rings (SSSR count). The van der Waals surface area contributed by atoms with Crippen LogP contribution in [-0.2, 0) is 10.0 Å². The highest BCUT2D eigenvalue weighted by Crippen LogP contribution is 1.80. The van der Waals surface area contributed by atoms with Crippen molar-refractivity contribution in [1.29, 1.82) is 0 Å². The second-order valence-corrected chi connectivity index (χ2v) is 4.47. The van der Waals surface area contributed by atoms with Crippen LogP contribution in [0.5, 0.6) is 0 Å². The SMILES string of the molecule is CCNS(=O)(=O)CCNC(N)=S. The fourth-order valence-corrected chi connectivity index (χ4v) is 1.66. The average Bonchev–Trinajstić information content (AvgIpc) is 1.85. The van der Waals surface area contributed by atoms with E-state index in [4.69, 9.17) is 5.73 Å². The summed E-state index contributed by atoms with van der Waals surface area (Å²) in [5.74, 6) is -0.0157. The number of thiocarbonyl (C=S) groups is 1. The Morgan fingerprint density at radius 2 is 2.17 bits per heavy atom. The monoisotopic (exact) mass is 211 g/mol. The maximum absolute atomic E-state index is 11.0. The Labute approximate surface area is 77.8 Å². The first kappa shape index (κ1) is 11.6. The Morgan fingerprint density at radius 3 is 2.58 bits per heavy atom. The first-order valence-corrected chi connectivity index (χ1v) is 5.54. The third-order valence-electron chi connectivity index (χ3n) is 1.03. The van der Waals surface area contributed by atoms with E-state index in [2.05, 4.69) is 22.3 Å². The molecule has 0 spiro atoms. The van der Waals surface area contributed by atoms with E-state index in [1.807, 2.05) is 0 Å². The lowest BCUT2D eigenvalue weighted by Gasteiger charge is -2.04. The first-order chi connectivity index (χ1) is 5.48. The van der Waals surface area contributed by atoms with Gasteiger partial charge in [-0.3, -0.25) is 0 Å². The predicted octanol–water partition coefficient (Wildman–Crippen LogP) is -1.24. The van der Waals surface area contributed by atoms with Crippen LogP contribution in [0.3, 0.4) is 0 Å². The minimum atomic E-state index is -3.16. The van der Waals surface area contributed by atoms with Gasteiger partial charge in [-0.1, -0.05) is 6.92 Å².